The van der Waals surface area contributed by atoms with Crippen LogP contribution in [0, 0.1) is 6.92 Å². The van der Waals surface area contributed by atoms with Crippen LogP contribution in [0.2, 0.25) is 0 Å². The number of sulfonamides is 1. The largest absolute Gasteiger partial charge is 0.350 e. The Hall–Kier alpha value is -3.85. The van der Waals surface area contributed by atoms with Gasteiger partial charge in [-0.05, 0) is 64.1 Å². The van der Waals surface area contributed by atoms with Gasteiger partial charge in [-0.2, -0.15) is 5.01 Å². The van der Waals surface area contributed by atoms with E-state index in [0.29, 0.717) is 5.69 Å². The van der Waals surface area contributed by atoms with Gasteiger partial charge in [-0.25, -0.2) is 18.2 Å². The van der Waals surface area contributed by atoms with E-state index in [1.807, 2.05) is 6.92 Å². The average Bonchev–Trinajstić information content (AvgIpc) is 2.77. The summed E-state index contributed by atoms with van der Waals surface area (Å²) in [6.07, 6.45) is 0. The van der Waals surface area contributed by atoms with Crippen LogP contribution < -0.4 is 15.5 Å². The number of benzene rings is 3. The number of aryl methyl sites for hydroxylation is 1. The van der Waals surface area contributed by atoms with Crippen LogP contribution in [0.5, 0.6) is 0 Å². The van der Waals surface area contributed by atoms with Gasteiger partial charge in [0.05, 0.1) is 27.4 Å². The molecule has 0 aliphatic heterocycles. The summed E-state index contributed by atoms with van der Waals surface area (Å²) in [5, 5.41) is 2.32. The Labute approximate surface area is 200 Å². The first-order valence-corrected chi connectivity index (χ1v) is 12.1. The summed E-state index contributed by atoms with van der Waals surface area (Å²) >= 11 is 0. The molecule has 0 saturated heterocycles. The van der Waals surface area contributed by atoms with Crippen LogP contribution in [-0.2, 0) is 10.0 Å². The molecule has 178 valence electrons. The molecular formula is C25H28N4O4S. The number of amides is 3. The molecule has 9 heteroatoms. The van der Waals surface area contributed by atoms with Crippen molar-refractivity contribution in [2.45, 2.75) is 38.1 Å². The quantitative estimate of drug-likeness (QED) is 0.522. The highest BCUT2D eigenvalue weighted by atomic mass is 32.2. The Balaban J connectivity index is 2.07. The van der Waals surface area contributed by atoms with Crippen molar-refractivity contribution in [3.63, 3.8) is 0 Å². The molecule has 34 heavy (non-hydrogen) atoms. The molecule has 3 amide bonds. The van der Waals surface area contributed by atoms with E-state index < -0.39 is 27.5 Å². The molecule has 0 heterocycles. The fourth-order valence-corrected chi connectivity index (χ4v) is 4.48. The van der Waals surface area contributed by atoms with Crippen molar-refractivity contribution in [1.29, 1.82) is 0 Å². The molecule has 3 aromatic rings. The molecule has 0 aromatic heterocycles. The lowest BCUT2D eigenvalue weighted by Crippen LogP contribution is -2.60. The van der Waals surface area contributed by atoms with Gasteiger partial charge in [0.25, 0.3) is 15.9 Å². The van der Waals surface area contributed by atoms with Crippen LogP contribution in [0.1, 0.15) is 36.7 Å². The molecule has 3 aromatic carbocycles. The predicted molar refractivity (Wildman–Crippen MR) is 133 cm³/mol. The van der Waals surface area contributed by atoms with Crippen molar-refractivity contribution in [1.82, 2.24) is 5.01 Å². The lowest BCUT2D eigenvalue weighted by molar-refractivity contribution is 0.0570. The molecule has 0 fully saturated rings. The molecule has 0 saturated carbocycles. The molecule has 3 rings (SSSR count). The lowest BCUT2D eigenvalue weighted by Gasteiger charge is -2.42. The second-order valence-electron chi connectivity index (χ2n) is 8.74. The van der Waals surface area contributed by atoms with Crippen LogP contribution in [0.25, 0.3) is 0 Å². The maximum Gasteiger partial charge on any atom is 0.338 e. The first-order valence-electron chi connectivity index (χ1n) is 10.6. The lowest BCUT2D eigenvalue weighted by atomic mass is 10.1. The van der Waals surface area contributed by atoms with Gasteiger partial charge in [0, 0.05) is 0 Å². The second-order valence-corrected chi connectivity index (χ2v) is 10.4. The number of primary amides is 1. The van der Waals surface area contributed by atoms with Gasteiger partial charge in [0.2, 0.25) is 0 Å². The molecule has 0 unspecified atom stereocenters. The van der Waals surface area contributed by atoms with E-state index in [9.17, 15) is 18.0 Å². The zero-order valence-corrected chi connectivity index (χ0v) is 20.3. The molecule has 0 radical (unpaired) electrons. The van der Waals surface area contributed by atoms with Crippen molar-refractivity contribution >= 4 is 33.3 Å². The molecule has 0 atom stereocenters. The standard InChI is InChI=1S/C25H28N4O4S/c1-18-14-16-20(17-15-18)34(32,33)27-22-13-9-8-12-21(22)23(30)29(25(2,3)4)28(24(26)31)19-10-6-5-7-11-19/h5-17,27H,1-4H3,(H2,26,31). The third kappa shape index (κ3) is 5.37. The molecule has 8 nitrogen and oxygen atoms in total. The number of carbonyl (C=O) groups is 2. The Morgan fingerprint density at radius 1 is 0.853 bits per heavy atom. The van der Waals surface area contributed by atoms with Gasteiger partial charge in [-0.1, -0.05) is 48.0 Å². The SMILES string of the molecule is Cc1ccc(S(=O)(=O)Nc2ccccc2C(=O)N(N(C(N)=O)c2ccccc2)C(C)(C)C)cc1. The van der Waals surface area contributed by atoms with Crippen LogP contribution in [0.4, 0.5) is 16.2 Å². The highest BCUT2D eigenvalue weighted by Gasteiger charge is 2.37. The zero-order valence-electron chi connectivity index (χ0n) is 19.5. The van der Waals surface area contributed by atoms with Crippen molar-refractivity contribution in [2.24, 2.45) is 5.73 Å². The first kappa shape index (κ1) is 24.8. The summed E-state index contributed by atoms with van der Waals surface area (Å²) in [4.78, 5) is 26.4. The van der Waals surface area contributed by atoms with Gasteiger partial charge in [0.1, 0.15) is 0 Å². The molecule has 3 N–H and O–H groups in total. The Morgan fingerprint density at radius 2 is 1.41 bits per heavy atom. The van der Waals surface area contributed by atoms with Crippen LogP contribution in [-0.4, -0.2) is 30.9 Å². The first-order chi connectivity index (χ1) is 15.9. The van der Waals surface area contributed by atoms with Crippen molar-refractivity contribution in [2.75, 3.05) is 9.73 Å². The molecule has 0 spiro atoms. The predicted octanol–water partition coefficient (Wildman–Crippen LogP) is 4.54. The highest BCUT2D eigenvalue weighted by molar-refractivity contribution is 7.92. The Morgan fingerprint density at radius 3 is 1.97 bits per heavy atom. The minimum atomic E-state index is -3.96. The summed E-state index contributed by atoms with van der Waals surface area (Å²) in [6, 6.07) is 20.3. The third-order valence-corrected chi connectivity index (χ3v) is 6.35. The number of hydrazine groups is 1. The Kier molecular flexibility index (Phi) is 6.97. The zero-order chi connectivity index (χ0) is 25.1. The van der Waals surface area contributed by atoms with E-state index in [0.717, 1.165) is 10.6 Å². The number of hydrogen-bond donors (Lipinski definition) is 2. The number of nitrogens with one attached hydrogen (secondary N) is 1. The normalized spacial score (nSPS) is 11.5. The van der Waals surface area contributed by atoms with Gasteiger partial charge in [-0.15, -0.1) is 0 Å². The van der Waals surface area contributed by atoms with E-state index in [2.05, 4.69) is 4.72 Å². The molecule has 0 bridgehead atoms. The number of hydrogen-bond acceptors (Lipinski definition) is 4. The maximum atomic E-state index is 13.8. The average molecular weight is 481 g/mol. The van der Waals surface area contributed by atoms with Gasteiger partial charge >= 0.3 is 6.03 Å². The maximum absolute atomic E-state index is 13.8. The number of carbonyl (C=O) groups excluding carboxylic acids is 2. The summed E-state index contributed by atoms with van der Waals surface area (Å²) in [5.41, 5.74) is 6.27. The number of urea groups is 1. The number of nitrogens with two attached hydrogens (primary N) is 1. The van der Waals surface area contributed by atoms with Crippen molar-refractivity contribution in [3.05, 3.63) is 90.0 Å². The number of para-hydroxylation sites is 2. The second kappa shape index (κ2) is 9.56. The smallest absolute Gasteiger partial charge is 0.338 e. The van der Waals surface area contributed by atoms with Gasteiger partial charge in [0.15, 0.2) is 0 Å². The van der Waals surface area contributed by atoms with E-state index in [4.69, 9.17) is 5.73 Å². The molecule has 0 aliphatic carbocycles. The number of rotatable bonds is 5. The Bertz CT molecular complexity index is 1280. The third-order valence-electron chi connectivity index (χ3n) is 4.97. The molecular weight excluding hydrogens is 452 g/mol. The van der Waals surface area contributed by atoms with E-state index in [1.165, 1.54) is 29.3 Å². The van der Waals surface area contributed by atoms with Crippen LogP contribution >= 0.6 is 0 Å². The minimum absolute atomic E-state index is 0.0651. The van der Waals surface area contributed by atoms with Crippen molar-refractivity contribution < 1.29 is 18.0 Å². The topological polar surface area (TPSA) is 113 Å². The highest BCUT2D eigenvalue weighted by Crippen LogP contribution is 2.29. The monoisotopic (exact) mass is 480 g/mol. The van der Waals surface area contributed by atoms with Gasteiger partial charge in [-0.3, -0.25) is 9.52 Å². The van der Waals surface area contributed by atoms with E-state index in [-0.39, 0.29) is 16.1 Å². The van der Waals surface area contributed by atoms with Crippen molar-refractivity contribution in [3.8, 4) is 0 Å². The van der Waals surface area contributed by atoms with Crippen LogP contribution in [0.3, 0.4) is 0 Å². The summed E-state index contributed by atoms with van der Waals surface area (Å²) in [7, 11) is -3.96. The van der Waals surface area contributed by atoms with E-state index in [1.54, 1.807) is 75.4 Å². The fraction of sp³-hybridized carbons (Fsp3) is 0.200. The summed E-state index contributed by atoms with van der Waals surface area (Å²) < 4.78 is 28.5. The fourth-order valence-electron chi connectivity index (χ4n) is 3.40. The van der Waals surface area contributed by atoms with Crippen LogP contribution in [0.15, 0.2) is 83.8 Å². The van der Waals surface area contributed by atoms with Gasteiger partial charge < -0.3 is 5.73 Å². The number of anilines is 2. The summed E-state index contributed by atoms with van der Waals surface area (Å²) in [6.45, 7) is 7.12. The minimum Gasteiger partial charge on any atom is -0.350 e. The van der Waals surface area contributed by atoms with E-state index >= 15 is 0 Å². The number of nitrogens with zero attached hydrogens (tertiary/aromatic N) is 2. The summed E-state index contributed by atoms with van der Waals surface area (Å²) in [5.74, 6) is -0.600. The molecule has 0 aliphatic rings.